The molecule has 6 heteroatoms. The minimum Gasteiger partial charge on any atom is -0.368 e. The highest BCUT2D eigenvalue weighted by Crippen LogP contribution is 2.16. The second-order valence-electron chi connectivity index (χ2n) is 7.15. The number of benzene rings is 1. The second-order valence-corrected chi connectivity index (χ2v) is 7.15. The van der Waals surface area contributed by atoms with Crippen LogP contribution in [0, 0.1) is 0 Å². The van der Waals surface area contributed by atoms with E-state index in [9.17, 15) is 4.79 Å². The van der Waals surface area contributed by atoms with Crippen LogP contribution in [0.1, 0.15) is 44.1 Å². The summed E-state index contributed by atoms with van der Waals surface area (Å²) >= 11 is 0. The van der Waals surface area contributed by atoms with Crippen LogP contribution >= 0.6 is 0 Å². The van der Waals surface area contributed by atoms with Gasteiger partial charge in [0.05, 0.1) is 0 Å². The molecule has 0 spiro atoms. The highest BCUT2D eigenvalue weighted by Gasteiger charge is 2.23. The standard InChI is InChI=1S/C22H34N4O2/c1-4-5-6-7-8-14-26(3)22(23-2)24-17-18-11-9-12-19(16-18)25-21(27)20-13-10-15-28-20/h4,9,11-12,16,20H,1,5-8,10,13-15,17H2,2-3H3,(H,23,24)(H,25,27). The third kappa shape index (κ3) is 7.35. The van der Waals surface area contributed by atoms with Crippen LogP contribution in [0.15, 0.2) is 41.9 Å². The van der Waals surface area contributed by atoms with Crippen molar-refractivity contribution in [2.24, 2.45) is 4.99 Å². The number of nitrogens with one attached hydrogen (secondary N) is 2. The van der Waals surface area contributed by atoms with E-state index in [1.807, 2.05) is 30.3 Å². The molecular formula is C22H34N4O2. The van der Waals surface area contributed by atoms with E-state index >= 15 is 0 Å². The molecule has 0 saturated carbocycles. The molecule has 1 heterocycles. The van der Waals surface area contributed by atoms with Crippen LogP contribution in [0.5, 0.6) is 0 Å². The van der Waals surface area contributed by atoms with E-state index in [1.54, 1.807) is 7.05 Å². The first-order chi connectivity index (χ1) is 13.6. The number of unbranched alkanes of at least 4 members (excludes halogenated alkanes) is 3. The molecule has 2 N–H and O–H groups in total. The first kappa shape index (κ1) is 22.0. The molecule has 1 amide bonds. The highest BCUT2D eigenvalue weighted by atomic mass is 16.5. The van der Waals surface area contributed by atoms with E-state index in [0.29, 0.717) is 13.2 Å². The SMILES string of the molecule is C=CCCCCCN(C)C(=NC)NCc1cccc(NC(=O)C2CCCO2)c1. The number of carbonyl (C=O) groups excluding carboxylic acids is 1. The van der Waals surface area contributed by atoms with E-state index in [1.165, 1.54) is 12.8 Å². The summed E-state index contributed by atoms with van der Waals surface area (Å²) < 4.78 is 5.44. The van der Waals surface area contributed by atoms with E-state index in [-0.39, 0.29) is 12.0 Å². The van der Waals surface area contributed by atoms with E-state index < -0.39 is 0 Å². The number of hydrogen-bond donors (Lipinski definition) is 2. The Balaban J connectivity index is 1.80. The second kappa shape index (κ2) is 12.2. The number of guanidine groups is 1. The summed E-state index contributed by atoms with van der Waals surface area (Å²) in [7, 11) is 3.86. The number of aliphatic imine (C=N–C) groups is 1. The highest BCUT2D eigenvalue weighted by molar-refractivity contribution is 5.94. The molecule has 1 atom stereocenters. The zero-order valence-electron chi connectivity index (χ0n) is 17.2. The van der Waals surface area contributed by atoms with Gasteiger partial charge in [-0.25, -0.2) is 0 Å². The fraction of sp³-hybridized carbons (Fsp3) is 0.545. The van der Waals surface area contributed by atoms with Gasteiger partial charge in [-0.1, -0.05) is 24.6 Å². The monoisotopic (exact) mass is 386 g/mol. The van der Waals surface area contributed by atoms with Crippen LogP contribution in [0.25, 0.3) is 0 Å². The normalized spacial score (nSPS) is 16.6. The number of allylic oxidation sites excluding steroid dienone is 1. The molecule has 0 radical (unpaired) electrons. The zero-order valence-corrected chi connectivity index (χ0v) is 17.2. The fourth-order valence-electron chi connectivity index (χ4n) is 3.25. The summed E-state index contributed by atoms with van der Waals surface area (Å²) in [6.07, 6.45) is 7.99. The summed E-state index contributed by atoms with van der Waals surface area (Å²) in [5.41, 5.74) is 1.89. The van der Waals surface area contributed by atoms with Gasteiger partial charge in [-0.2, -0.15) is 0 Å². The Hall–Kier alpha value is -2.34. The lowest BCUT2D eigenvalue weighted by Gasteiger charge is -2.22. The maximum Gasteiger partial charge on any atom is 0.253 e. The average Bonchev–Trinajstić information content (AvgIpc) is 3.23. The maximum atomic E-state index is 12.2. The lowest BCUT2D eigenvalue weighted by Crippen LogP contribution is -2.39. The Kier molecular flexibility index (Phi) is 9.55. The Bertz CT molecular complexity index is 654. The van der Waals surface area contributed by atoms with E-state index in [0.717, 1.165) is 49.4 Å². The molecule has 2 rings (SSSR count). The van der Waals surface area contributed by atoms with Gasteiger partial charge in [0.2, 0.25) is 0 Å². The molecule has 1 aromatic rings. The molecule has 0 aromatic heterocycles. The summed E-state index contributed by atoms with van der Waals surface area (Å²) in [4.78, 5) is 18.7. The van der Waals surface area contributed by atoms with Crippen LogP contribution in [-0.4, -0.2) is 50.1 Å². The van der Waals surface area contributed by atoms with Crippen molar-refractivity contribution in [2.45, 2.75) is 51.2 Å². The molecule has 1 aliphatic rings. The number of rotatable bonds is 10. The topological polar surface area (TPSA) is 66.0 Å². The molecule has 1 saturated heterocycles. The molecule has 1 unspecified atom stereocenters. The van der Waals surface area contributed by atoms with Gasteiger partial charge in [0.1, 0.15) is 6.10 Å². The predicted molar refractivity (Wildman–Crippen MR) is 116 cm³/mol. The van der Waals surface area contributed by atoms with Crippen molar-refractivity contribution in [1.29, 1.82) is 0 Å². The Labute approximate surface area is 169 Å². The number of hydrogen-bond acceptors (Lipinski definition) is 3. The van der Waals surface area contributed by atoms with Crippen molar-refractivity contribution in [3.63, 3.8) is 0 Å². The van der Waals surface area contributed by atoms with Crippen LogP contribution < -0.4 is 10.6 Å². The molecule has 28 heavy (non-hydrogen) atoms. The minimum absolute atomic E-state index is 0.0605. The van der Waals surface area contributed by atoms with Gasteiger partial charge < -0.3 is 20.3 Å². The molecule has 6 nitrogen and oxygen atoms in total. The fourth-order valence-corrected chi connectivity index (χ4v) is 3.25. The van der Waals surface area contributed by atoms with Gasteiger partial charge in [-0.05, 0) is 49.8 Å². The summed E-state index contributed by atoms with van der Waals surface area (Å²) in [6.45, 7) is 6.05. The number of anilines is 1. The first-order valence-corrected chi connectivity index (χ1v) is 10.2. The van der Waals surface area contributed by atoms with E-state index in [4.69, 9.17) is 4.74 Å². The Morgan fingerprint density at radius 1 is 1.39 bits per heavy atom. The Morgan fingerprint density at radius 2 is 2.25 bits per heavy atom. The van der Waals surface area contributed by atoms with Crippen LogP contribution in [0.4, 0.5) is 5.69 Å². The van der Waals surface area contributed by atoms with Gasteiger partial charge in [0, 0.05) is 39.5 Å². The Morgan fingerprint density at radius 3 is 2.96 bits per heavy atom. The molecule has 0 aliphatic carbocycles. The zero-order chi connectivity index (χ0) is 20.2. The predicted octanol–water partition coefficient (Wildman–Crippen LogP) is 3.56. The van der Waals surface area contributed by atoms with Crippen LogP contribution in [0.2, 0.25) is 0 Å². The molecule has 1 aliphatic heterocycles. The van der Waals surface area contributed by atoms with Gasteiger partial charge in [0.25, 0.3) is 5.91 Å². The summed E-state index contributed by atoms with van der Waals surface area (Å²) in [6, 6.07) is 7.88. The maximum absolute atomic E-state index is 12.2. The van der Waals surface area contributed by atoms with Gasteiger partial charge >= 0.3 is 0 Å². The number of carbonyl (C=O) groups is 1. The third-order valence-corrected chi connectivity index (χ3v) is 4.84. The van der Waals surface area contributed by atoms with Crippen molar-refractivity contribution in [2.75, 3.05) is 32.6 Å². The van der Waals surface area contributed by atoms with Gasteiger partial charge in [0.15, 0.2) is 5.96 Å². The van der Waals surface area contributed by atoms with Crippen LogP contribution in [0.3, 0.4) is 0 Å². The largest absolute Gasteiger partial charge is 0.368 e. The molecule has 1 fully saturated rings. The van der Waals surface area contributed by atoms with Crippen molar-refractivity contribution < 1.29 is 9.53 Å². The van der Waals surface area contributed by atoms with Crippen LogP contribution in [-0.2, 0) is 16.1 Å². The number of amides is 1. The quantitative estimate of drug-likeness (QED) is 0.279. The lowest BCUT2D eigenvalue weighted by molar-refractivity contribution is -0.124. The third-order valence-electron chi connectivity index (χ3n) is 4.84. The molecule has 1 aromatic carbocycles. The van der Waals surface area contributed by atoms with Gasteiger partial charge in [-0.3, -0.25) is 9.79 Å². The smallest absolute Gasteiger partial charge is 0.253 e. The van der Waals surface area contributed by atoms with Gasteiger partial charge in [-0.15, -0.1) is 6.58 Å². The lowest BCUT2D eigenvalue weighted by atomic mass is 10.2. The molecule has 154 valence electrons. The molecule has 0 bridgehead atoms. The summed E-state index contributed by atoms with van der Waals surface area (Å²) in [5.74, 6) is 0.812. The minimum atomic E-state index is -0.319. The first-order valence-electron chi connectivity index (χ1n) is 10.2. The average molecular weight is 387 g/mol. The van der Waals surface area contributed by atoms with E-state index in [2.05, 4.69) is 34.2 Å². The number of ether oxygens (including phenoxy) is 1. The van der Waals surface area contributed by atoms with Crippen molar-refractivity contribution in [3.05, 3.63) is 42.5 Å². The van der Waals surface area contributed by atoms with Crippen molar-refractivity contribution in [1.82, 2.24) is 10.2 Å². The van der Waals surface area contributed by atoms with Crippen molar-refractivity contribution >= 4 is 17.6 Å². The molecular weight excluding hydrogens is 352 g/mol. The van der Waals surface area contributed by atoms with Crippen molar-refractivity contribution in [3.8, 4) is 0 Å². The summed E-state index contributed by atoms with van der Waals surface area (Å²) in [5, 5.41) is 6.35. The number of nitrogens with zero attached hydrogens (tertiary/aromatic N) is 2.